The molecule has 134 valence electrons. The summed E-state index contributed by atoms with van der Waals surface area (Å²) in [4.78, 5) is 29.0. The van der Waals surface area contributed by atoms with Gasteiger partial charge in [-0.15, -0.1) is 6.58 Å². The van der Waals surface area contributed by atoms with Crippen LogP contribution in [0.25, 0.3) is 10.2 Å². The summed E-state index contributed by atoms with van der Waals surface area (Å²) in [5.74, 6) is -0.829. The Bertz CT molecular complexity index is 1150. The van der Waals surface area contributed by atoms with E-state index in [1.165, 1.54) is 18.4 Å². The molecule has 3 rings (SSSR count). The van der Waals surface area contributed by atoms with Crippen LogP contribution in [0.5, 0.6) is 0 Å². The number of nitrogens with zero attached hydrogens (tertiary/aromatic N) is 3. The largest absolute Gasteiger partial charge is 0.465 e. The van der Waals surface area contributed by atoms with E-state index in [1.54, 1.807) is 48.5 Å². The van der Waals surface area contributed by atoms with Gasteiger partial charge in [-0.3, -0.25) is 4.79 Å². The molecule has 0 aliphatic carbocycles. The highest BCUT2D eigenvalue weighted by atomic mass is 32.1. The molecule has 3 aromatic rings. The van der Waals surface area contributed by atoms with Gasteiger partial charge in [0.15, 0.2) is 4.80 Å². The zero-order chi connectivity index (χ0) is 19.4. The number of allylic oxidation sites excluding steroid dienone is 1. The van der Waals surface area contributed by atoms with Crippen molar-refractivity contribution in [3.63, 3.8) is 0 Å². The zero-order valence-electron chi connectivity index (χ0n) is 14.5. The molecule has 0 saturated heterocycles. The van der Waals surface area contributed by atoms with Gasteiger partial charge in [0.2, 0.25) is 0 Å². The van der Waals surface area contributed by atoms with E-state index in [4.69, 9.17) is 10.00 Å². The van der Waals surface area contributed by atoms with E-state index in [9.17, 15) is 9.59 Å². The first kappa shape index (κ1) is 18.3. The molecule has 0 bridgehead atoms. The van der Waals surface area contributed by atoms with Crippen LogP contribution in [-0.4, -0.2) is 23.6 Å². The lowest BCUT2D eigenvalue weighted by molar-refractivity contribution is 0.0601. The number of carbonyl (C=O) groups excluding carboxylic acids is 2. The van der Waals surface area contributed by atoms with Gasteiger partial charge in [0.05, 0.1) is 34.5 Å². The molecule has 0 spiro atoms. The summed E-state index contributed by atoms with van der Waals surface area (Å²) in [6.45, 7) is 4.22. The summed E-state index contributed by atoms with van der Waals surface area (Å²) in [7, 11) is 1.33. The molecule has 6 nitrogen and oxygen atoms in total. The van der Waals surface area contributed by atoms with Crippen molar-refractivity contribution < 1.29 is 14.3 Å². The van der Waals surface area contributed by atoms with Gasteiger partial charge in [-0.25, -0.2) is 4.79 Å². The third kappa shape index (κ3) is 3.71. The van der Waals surface area contributed by atoms with Gasteiger partial charge >= 0.3 is 5.97 Å². The SMILES string of the molecule is C=CCn1c(=NC(=O)c2ccc(C#N)cc2)sc2cc(C(=O)OC)ccc21. The summed E-state index contributed by atoms with van der Waals surface area (Å²) >= 11 is 1.30. The van der Waals surface area contributed by atoms with Gasteiger partial charge < -0.3 is 9.30 Å². The Hall–Kier alpha value is -3.50. The minimum atomic E-state index is -0.423. The van der Waals surface area contributed by atoms with Gasteiger partial charge in [0, 0.05) is 12.1 Å². The number of carbonyl (C=O) groups is 2. The van der Waals surface area contributed by atoms with E-state index < -0.39 is 11.9 Å². The predicted octanol–water partition coefficient (Wildman–Crippen LogP) is 3.29. The topological polar surface area (TPSA) is 84.5 Å². The number of hydrogen-bond acceptors (Lipinski definition) is 5. The van der Waals surface area contributed by atoms with Crippen molar-refractivity contribution in [2.45, 2.75) is 6.54 Å². The van der Waals surface area contributed by atoms with Crippen LogP contribution in [0.4, 0.5) is 0 Å². The maximum atomic E-state index is 12.5. The van der Waals surface area contributed by atoms with Gasteiger partial charge in [-0.2, -0.15) is 10.3 Å². The number of rotatable bonds is 4. The molecule has 0 radical (unpaired) electrons. The lowest BCUT2D eigenvalue weighted by atomic mass is 10.1. The monoisotopic (exact) mass is 377 g/mol. The molecule has 27 heavy (non-hydrogen) atoms. The Labute approximate surface area is 159 Å². The molecular weight excluding hydrogens is 362 g/mol. The maximum absolute atomic E-state index is 12.5. The number of aromatic nitrogens is 1. The van der Waals surface area contributed by atoms with Crippen LogP contribution in [0.3, 0.4) is 0 Å². The quantitative estimate of drug-likeness (QED) is 0.516. The van der Waals surface area contributed by atoms with Gasteiger partial charge in [0.1, 0.15) is 0 Å². The number of fused-ring (bicyclic) bond motifs is 1. The highest BCUT2D eigenvalue weighted by Gasteiger charge is 2.12. The highest BCUT2D eigenvalue weighted by molar-refractivity contribution is 7.16. The first-order valence-corrected chi connectivity index (χ1v) is 8.81. The van der Waals surface area contributed by atoms with Gasteiger partial charge in [0.25, 0.3) is 5.91 Å². The average Bonchev–Trinajstić information content (AvgIpc) is 3.04. The summed E-state index contributed by atoms with van der Waals surface area (Å²) in [5, 5.41) is 8.86. The number of methoxy groups -OCH3 is 1. The molecule has 0 unspecified atom stereocenters. The third-order valence-electron chi connectivity index (χ3n) is 3.87. The maximum Gasteiger partial charge on any atom is 0.337 e. The van der Waals surface area contributed by atoms with Crippen LogP contribution in [0, 0.1) is 11.3 Å². The molecule has 0 fully saturated rings. The Morgan fingerprint density at radius 3 is 2.59 bits per heavy atom. The molecular formula is C20H15N3O3S. The second kappa shape index (κ2) is 7.81. The number of amides is 1. The fraction of sp³-hybridized carbons (Fsp3) is 0.100. The van der Waals surface area contributed by atoms with E-state index in [0.29, 0.717) is 28.0 Å². The predicted molar refractivity (Wildman–Crippen MR) is 102 cm³/mol. The smallest absolute Gasteiger partial charge is 0.337 e. The minimum absolute atomic E-state index is 0.395. The second-order valence-corrected chi connectivity index (χ2v) is 6.57. The molecule has 1 aromatic heterocycles. The molecule has 0 aliphatic rings. The molecule has 1 amide bonds. The van der Waals surface area contributed by atoms with Crippen LogP contribution in [0.15, 0.2) is 60.1 Å². The number of nitriles is 1. The van der Waals surface area contributed by atoms with Crippen LogP contribution < -0.4 is 4.80 Å². The summed E-state index contributed by atoms with van der Waals surface area (Å²) < 4.78 is 7.42. The number of ether oxygens (including phenoxy) is 1. The lowest BCUT2D eigenvalue weighted by Crippen LogP contribution is -2.16. The molecule has 0 atom stereocenters. The Balaban J connectivity index is 2.10. The fourth-order valence-corrected chi connectivity index (χ4v) is 3.62. The first-order chi connectivity index (χ1) is 13.1. The van der Waals surface area contributed by atoms with Crippen molar-refractivity contribution in [2.75, 3.05) is 7.11 Å². The number of benzene rings is 2. The Kier molecular flexibility index (Phi) is 5.29. The van der Waals surface area contributed by atoms with Gasteiger partial charge in [-0.05, 0) is 42.5 Å². The molecule has 0 saturated carbocycles. The average molecular weight is 377 g/mol. The van der Waals surface area contributed by atoms with Crippen LogP contribution in [-0.2, 0) is 11.3 Å². The molecule has 0 N–H and O–H groups in total. The summed E-state index contributed by atoms with van der Waals surface area (Å²) in [6.07, 6.45) is 1.71. The first-order valence-electron chi connectivity index (χ1n) is 7.99. The Morgan fingerprint density at radius 1 is 1.26 bits per heavy atom. The zero-order valence-corrected chi connectivity index (χ0v) is 15.3. The number of thiazole rings is 1. The molecule has 1 heterocycles. The summed E-state index contributed by atoms with van der Waals surface area (Å²) in [6, 6.07) is 13.5. The lowest BCUT2D eigenvalue weighted by Gasteiger charge is -2.02. The number of hydrogen-bond donors (Lipinski definition) is 0. The van der Waals surface area contributed by atoms with Gasteiger partial charge in [-0.1, -0.05) is 17.4 Å². The molecule has 2 aromatic carbocycles. The van der Waals surface area contributed by atoms with Crippen molar-refractivity contribution in [3.8, 4) is 6.07 Å². The van der Waals surface area contributed by atoms with Crippen molar-refractivity contribution in [1.29, 1.82) is 5.26 Å². The van der Waals surface area contributed by atoms with Crippen molar-refractivity contribution in [1.82, 2.24) is 4.57 Å². The van der Waals surface area contributed by atoms with Crippen molar-refractivity contribution >= 4 is 33.4 Å². The Morgan fingerprint density at radius 2 is 1.96 bits per heavy atom. The molecule has 0 aliphatic heterocycles. The third-order valence-corrected chi connectivity index (χ3v) is 4.91. The van der Waals surface area contributed by atoms with Crippen molar-refractivity contribution in [3.05, 3.63) is 76.6 Å². The van der Waals surface area contributed by atoms with Crippen LogP contribution in [0.2, 0.25) is 0 Å². The summed E-state index contributed by atoms with van der Waals surface area (Å²) in [5.41, 5.74) is 2.15. The second-order valence-electron chi connectivity index (χ2n) is 5.56. The number of esters is 1. The van der Waals surface area contributed by atoms with E-state index in [-0.39, 0.29) is 0 Å². The molecule has 7 heteroatoms. The minimum Gasteiger partial charge on any atom is -0.465 e. The highest BCUT2D eigenvalue weighted by Crippen LogP contribution is 2.20. The van der Waals surface area contributed by atoms with E-state index in [0.717, 1.165) is 10.2 Å². The normalized spacial score (nSPS) is 11.2. The van der Waals surface area contributed by atoms with Crippen LogP contribution >= 0.6 is 11.3 Å². The fourth-order valence-electron chi connectivity index (χ4n) is 2.55. The van der Waals surface area contributed by atoms with E-state index in [1.807, 2.05) is 10.6 Å². The van der Waals surface area contributed by atoms with E-state index >= 15 is 0 Å². The van der Waals surface area contributed by atoms with Crippen molar-refractivity contribution in [2.24, 2.45) is 4.99 Å². The van der Waals surface area contributed by atoms with Crippen LogP contribution in [0.1, 0.15) is 26.3 Å². The van der Waals surface area contributed by atoms with E-state index in [2.05, 4.69) is 11.6 Å². The standard InChI is InChI=1S/C20H15N3O3S/c1-3-10-23-16-9-8-15(19(25)26-2)11-17(16)27-20(23)22-18(24)14-6-4-13(12-21)5-7-14/h3-9,11H,1,10H2,2H3.